The van der Waals surface area contributed by atoms with Crippen LogP contribution in [0.25, 0.3) is 0 Å². The normalized spacial score (nSPS) is 16.2. The summed E-state index contributed by atoms with van der Waals surface area (Å²) in [5.74, 6) is -1.23. The molecule has 2 aromatic carbocycles. The second-order valence-electron chi connectivity index (χ2n) is 6.50. The predicted molar refractivity (Wildman–Crippen MR) is 98.3 cm³/mol. The van der Waals surface area contributed by atoms with Crippen molar-refractivity contribution in [1.29, 1.82) is 0 Å². The lowest BCUT2D eigenvalue weighted by Gasteiger charge is -2.22. The number of benzene rings is 2. The molecule has 0 atom stereocenters. The zero-order valence-corrected chi connectivity index (χ0v) is 14.3. The largest absolute Gasteiger partial charge is 0.370 e. The van der Waals surface area contributed by atoms with Crippen LogP contribution in [-0.2, 0) is 4.79 Å². The molecule has 6 nitrogen and oxygen atoms in total. The van der Waals surface area contributed by atoms with Gasteiger partial charge in [-0.3, -0.25) is 19.3 Å². The Morgan fingerprint density at radius 1 is 0.885 bits per heavy atom. The molecule has 2 aromatic rings. The number of para-hydroxylation sites is 2. The van der Waals surface area contributed by atoms with Crippen LogP contribution in [0.2, 0.25) is 0 Å². The summed E-state index contributed by atoms with van der Waals surface area (Å²) >= 11 is 0. The molecule has 2 aliphatic rings. The number of carbonyl (C=O) groups excluding carboxylic acids is 3. The molecule has 132 valence electrons. The topological polar surface area (TPSA) is 69.7 Å². The maximum Gasteiger partial charge on any atom is 0.262 e. The molecule has 0 saturated carbocycles. The number of fused-ring (bicyclic) bond motifs is 1. The zero-order chi connectivity index (χ0) is 18.1. The van der Waals surface area contributed by atoms with E-state index in [1.54, 1.807) is 24.3 Å². The maximum atomic E-state index is 12.5. The Kier molecular flexibility index (Phi) is 4.16. The van der Waals surface area contributed by atoms with E-state index < -0.39 is 11.8 Å². The number of nitrogens with zero attached hydrogens (tertiary/aromatic N) is 2. The summed E-state index contributed by atoms with van der Waals surface area (Å²) in [5, 5.41) is 2.86. The van der Waals surface area contributed by atoms with E-state index in [0.29, 0.717) is 16.8 Å². The van der Waals surface area contributed by atoms with E-state index >= 15 is 0 Å². The fraction of sp³-hybridized carbons (Fsp3) is 0.250. The van der Waals surface area contributed by atoms with Crippen LogP contribution in [0, 0.1) is 0 Å². The van der Waals surface area contributed by atoms with Crippen LogP contribution >= 0.6 is 0 Å². The average Bonchev–Trinajstić information content (AvgIpc) is 3.26. The molecule has 0 aliphatic carbocycles. The lowest BCUT2D eigenvalue weighted by molar-refractivity contribution is -0.116. The first-order valence-corrected chi connectivity index (χ1v) is 8.74. The first-order valence-electron chi connectivity index (χ1n) is 8.74. The number of carbonyl (C=O) groups is 3. The molecule has 1 N–H and O–H groups in total. The first-order chi connectivity index (χ1) is 12.6. The van der Waals surface area contributed by atoms with Gasteiger partial charge >= 0.3 is 0 Å². The summed E-state index contributed by atoms with van der Waals surface area (Å²) in [6, 6.07) is 14.2. The molecule has 0 radical (unpaired) electrons. The van der Waals surface area contributed by atoms with Gasteiger partial charge in [0.1, 0.15) is 6.54 Å². The summed E-state index contributed by atoms with van der Waals surface area (Å²) in [7, 11) is 0. The molecule has 26 heavy (non-hydrogen) atoms. The van der Waals surface area contributed by atoms with Crippen molar-refractivity contribution in [3.8, 4) is 0 Å². The van der Waals surface area contributed by atoms with E-state index in [2.05, 4.69) is 10.2 Å². The highest BCUT2D eigenvalue weighted by Crippen LogP contribution is 2.29. The van der Waals surface area contributed by atoms with Gasteiger partial charge in [0, 0.05) is 13.1 Å². The molecule has 6 heteroatoms. The minimum atomic E-state index is -0.423. The molecule has 0 aromatic heterocycles. The smallest absolute Gasteiger partial charge is 0.262 e. The highest BCUT2D eigenvalue weighted by molar-refractivity contribution is 6.22. The quantitative estimate of drug-likeness (QED) is 0.861. The number of hydrogen-bond acceptors (Lipinski definition) is 4. The minimum Gasteiger partial charge on any atom is -0.370 e. The van der Waals surface area contributed by atoms with Crippen LogP contribution in [0.3, 0.4) is 0 Å². The number of hydrogen-bond donors (Lipinski definition) is 1. The maximum absolute atomic E-state index is 12.5. The SMILES string of the molecule is O=C(CN1C(=O)c2ccccc2C1=O)Nc1ccccc1N1CCCC1. The van der Waals surface area contributed by atoms with Gasteiger partial charge in [0.25, 0.3) is 11.8 Å². The summed E-state index contributed by atoms with van der Waals surface area (Å²) in [6.45, 7) is 1.64. The fourth-order valence-electron chi connectivity index (χ4n) is 3.53. The lowest BCUT2D eigenvalue weighted by Crippen LogP contribution is -2.37. The van der Waals surface area contributed by atoms with E-state index in [1.165, 1.54) is 0 Å². The third-order valence-electron chi connectivity index (χ3n) is 4.80. The minimum absolute atomic E-state index is 0.291. The van der Waals surface area contributed by atoms with Gasteiger partial charge < -0.3 is 10.2 Å². The van der Waals surface area contributed by atoms with Gasteiger partial charge in [0.15, 0.2) is 0 Å². The Labute approximate surface area is 151 Å². The van der Waals surface area contributed by atoms with Crippen molar-refractivity contribution in [3.05, 3.63) is 59.7 Å². The molecule has 0 bridgehead atoms. The van der Waals surface area contributed by atoms with Gasteiger partial charge in [-0.1, -0.05) is 24.3 Å². The van der Waals surface area contributed by atoms with E-state index in [9.17, 15) is 14.4 Å². The van der Waals surface area contributed by atoms with Gasteiger partial charge in [-0.2, -0.15) is 0 Å². The van der Waals surface area contributed by atoms with Gasteiger partial charge in [0.2, 0.25) is 5.91 Å². The molecule has 1 fully saturated rings. The summed E-state index contributed by atoms with van der Waals surface area (Å²) in [4.78, 5) is 40.5. The van der Waals surface area contributed by atoms with Crippen LogP contribution in [-0.4, -0.2) is 42.3 Å². The van der Waals surface area contributed by atoms with E-state index in [4.69, 9.17) is 0 Å². The molecule has 0 unspecified atom stereocenters. The van der Waals surface area contributed by atoms with Crippen molar-refractivity contribution in [2.75, 3.05) is 29.9 Å². The van der Waals surface area contributed by atoms with E-state index in [0.717, 1.165) is 36.5 Å². The Balaban J connectivity index is 1.49. The summed E-state index contributed by atoms with van der Waals surface area (Å²) in [5.41, 5.74) is 2.38. The molecule has 2 heterocycles. The van der Waals surface area contributed by atoms with Gasteiger partial charge in [0.05, 0.1) is 22.5 Å². The van der Waals surface area contributed by atoms with Crippen LogP contribution < -0.4 is 10.2 Å². The predicted octanol–water partition coefficient (Wildman–Crippen LogP) is 2.52. The highest BCUT2D eigenvalue weighted by atomic mass is 16.2. The third-order valence-corrected chi connectivity index (χ3v) is 4.80. The van der Waals surface area contributed by atoms with Crippen LogP contribution in [0.4, 0.5) is 11.4 Å². The monoisotopic (exact) mass is 349 g/mol. The fourth-order valence-corrected chi connectivity index (χ4v) is 3.53. The van der Waals surface area contributed by atoms with Crippen LogP contribution in [0.1, 0.15) is 33.6 Å². The van der Waals surface area contributed by atoms with Crippen molar-refractivity contribution in [2.24, 2.45) is 0 Å². The average molecular weight is 349 g/mol. The Bertz CT molecular complexity index is 852. The number of rotatable bonds is 4. The molecule has 2 aliphatic heterocycles. The van der Waals surface area contributed by atoms with Gasteiger partial charge in [-0.15, -0.1) is 0 Å². The lowest BCUT2D eigenvalue weighted by atomic mass is 10.1. The van der Waals surface area contributed by atoms with Gasteiger partial charge in [-0.05, 0) is 37.1 Å². The summed E-state index contributed by atoms with van der Waals surface area (Å²) < 4.78 is 0. The highest BCUT2D eigenvalue weighted by Gasteiger charge is 2.36. The molecule has 4 rings (SSSR count). The summed E-state index contributed by atoms with van der Waals surface area (Å²) in [6.07, 6.45) is 2.27. The molecular formula is C20H19N3O3. The van der Waals surface area contributed by atoms with E-state index in [1.807, 2.05) is 24.3 Å². The third kappa shape index (κ3) is 2.83. The molecular weight excluding hydrogens is 330 g/mol. The van der Waals surface area contributed by atoms with Crippen molar-refractivity contribution >= 4 is 29.1 Å². The standard InChI is InChI=1S/C20H19N3O3/c24-18(13-23-19(25)14-7-1-2-8-15(14)20(23)26)21-16-9-3-4-10-17(16)22-11-5-6-12-22/h1-4,7-10H,5-6,11-13H2,(H,21,24). The molecule has 1 saturated heterocycles. The van der Waals surface area contributed by atoms with Gasteiger partial charge in [-0.25, -0.2) is 0 Å². The molecule has 0 spiro atoms. The number of imide groups is 1. The van der Waals surface area contributed by atoms with E-state index in [-0.39, 0.29) is 12.5 Å². The second kappa shape index (κ2) is 6.63. The zero-order valence-electron chi connectivity index (χ0n) is 14.3. The Morgan fingerprint density at radius 3 is 2.12 bits per heavy atom. The van der Waals surface area contributed by atoms with Crippen molar-refractivity contribution < 1.29 is 14.4 Å². The number of nitrogens with one attached hydrogen (secondary N) is 1. The van der Waals surface area contributed by atoms with Crippen LogP contribution in [0.15, 0.2) is 48.5 Å². The van der Waals surface area contributed by atoms with Crippen LogP contribution in [0.5, 0.6) is 0 Å². The Hall–Kier alpha value is -3.15. The van der Waals surface area contributed by atoms with Crippen molar-refractivity contribution in [3.63, 3.8) is 0 Å². The Morgan fingerprint density at radius 2 is 1.46 bits per heavy atom. The second-order valence-corrected chi connectivity index (χ2v) is 6.50. The molecule has 3 amide bonds. The number of anilines is 2. The number of amides is 3. The van der Waals surface area contributed by atoms with Crippen molar-refractivity contribution in [1.82, 2.24) is 4.90 Å². The van der Waals surface area contributed by atoms with Crippen molar-refractivity contribution in [2.45, 2.75) is 12.8 Å². The first kappa shape index (κ1) is 16.3.